The van der Waals surface area contributed by atoms with Gasteiger partial charge < -0.3 is 10.2 Å². The fraction of sp³-hybridized carbons (Fsp3) is 0.500. The Morgan fingerprint density at radius 3 is 1.30 bits per heavy atom. The van der Waals surface area contributed by atoms with E-state index in [1.165, 1.54) is 0 Å². The summed E-state index contributed by atoms with van der Waals surface area (Å²) >= 11 is 0. The number of carbonyl (C=O) groups is 2. The van der Waals surface area contributed by atoms with Crippen molar-refractivity contribution in [3.63, 3.8) is 0 Å². The molecule has 0 fully saturated rings. The van der Waals surface area contributed by atoms with E-state index < -0.39 is 11.9 Å². The van der Waals surface area contributed by atoms with Crippen LogP contribution in [0.4, 0.5) is 0 Å². The van der Waals surface area contributed by atoms with Gasteiger partial charge in [-0.25, -0.2) is 0 Å². The first-order valence-corrected chi connectivity index (χ1v) is 2.06. The van der Waals surface area contributed by atoms with Gasteiger partial charge in [-0.05, 0) is 0 Å². The van der Waals surface area contributed by atoms with Gasteiger partial charge in [0, 0.05) is 0 Å². The van der Waals surface area contributed by atoms with E-state index in [2.05, 4.69) is 0 Å². The Morgan fingerprint density at radius 1 is 1.00 bits per heavy atom. The van der Waals surface area contributed by atoms with E-state index in [4.69, 9.17) is 10.2 Å². The van der Waals surface area contributed by atoms with Crippen LogP contribution in [0.25, 0.3) is 0 Å². The van der Waals surface area contributed by atoms with Crippen molar-refractivity contribution in [2.75, 3.05) is 0 Å². The number of aliphatic carboxylic acids is 2. The molecule has 0 aliphatic rings. The van der Waals surface area contributed by atoms with Gasteiger partial charge in [0.15, 0.2) is 0 Å². The molecular formula is C4H10CaO4S. The summed E-state index contributed by atoms with van der Waals surface area (Å²) in [4.78, 5) is 19.3. The minimum atomic E-state index is -1.08. The first-order valence-electron chi connectivity index (χ1n) is 2.06. The molecular weight excluding hydrogens is 184 g/mol. The second kappa shape index (κ2) is 9.55. The average molecular weight is 194 g/mol. The monoisotopic (exact) mass is 194 g/mol. The molecule has 0 aliphatic heterocycles. The van der Waals surface area contributed by atoms with Gasteiger partial charge in [0.2, 0.25) is 0 Å². The van der Waals surface area contributed by atoms with Crippen molar-refractivity contribution in [3.05, 3.63) is 0 Å². The summed E-state index contributed by atoms with van der Waals surface area (Å²) in [5.74, 6) is -2.15. The van der Waals surface area contributed by atoms with Crippen molar-refractivity contribution in [1.82, 2.24) is 0 Å². The van der Waals surface area contributed by atoms with E-state index in [9.17, 15) is 9.59 Å². The molecule has 0 amide bonds. The quantitative estimate of drug-likeness (QED) is 0.573. The van der Waals surface area contributed by atoms with Crippen LogP contribution in [-0.4, -0.2) is 59.9 Å². The molecule has 0 spiro atoms. The number of hydrogen-bond donors (Lipinski definition) is 2. The van der Waals surface area contributed by atoms with Crippen molar-refractivity contribution in [2.45, 2.75) is 12.8 Å². The number of hydrogen-bond acceptors (Lipinski definition) is 2. The van der Waals surface area contributed by atoms with Crippen LogP contribution in [0.15, 0.2) is 0 Å². The molecule has 10 heavy (non-hydrogen) atoms. The van der Waals surface area contributed by atoms with E-state index >= 15 is 0 Å². The standard InChI is InChI=1S/C4H6O4.Ca.H2S.2H/c5-3(6)1-2-4(7)8;;;;/h1-2H2,(H,5,6)(H,7,8);;1H2;;. The van der Waals surface area contributed by atoms with Crippen molar-refractivity contribution in [2.24, 2.45) is 0 Å². The van der Waals surface area contributed by atoms with E-state index in [0.29, 0.717) is 0 Å². The molecule has 0 rings (SSSR count). The topological polar surface area (TPSA) is 74.6 Å². The Labute approximate surface area is 95.1 Å². The van der Waals surface area contributed by atoms with Gasteiger partial charge in [-0.1, -0.05) is 0 Å². The Kier molecular flexibility index (Phi) is 16.1. The minimum absolute atomic E-state index is 0. The molecule has 6 heteroatoms. The molecule has 2 N–H and O–H groups in total. The average Bonchev–Trinajstić information content (AvgIpc) is 1.61. The SMILES string of the molecule is O=C(O)CCC(=O)O.S.[CaH2]. The van der Waals surface area contributed by atoms with Crippen LogP contribution >= 0.6 is 13.5 Å². The third-order valence-corrected chi connectivity index (χ3v) is 0.553. The maximum absolute atomic E-state index is 9.64. The number of carboxylic acid groups (broad SMARTS) is 2. The second-order valence-electron chi connectivity index (χ2n) is 1.29. The van der Waals surface area contributed by atoms with Crippen molar-refractivity contribution < 1.29 is 19.8 Å². The van der Waals surface area contributed by atoms with Crippen LogP contribution in [-0.2, 0) is 9.59 Å². The van der Waals surface area contributed by atoms with Crippen molar-refractivity contribution >= 4 is 63.2 Å². The number of carboxylic acids is 2. The first kappa shape index (κ1) is 16.9. The van der Waals surface area contributed by atoms with Gasteiger partial charge in [-0.15, -0.1) is 0 Å². The molecule has 0 radical (unpaired) electrons. The van der Waals surface area contributed by atoms with Gasteiger partial charge in [0.25, 0.3) is 0 Å². The molecule has 0 aromatic heterocycles. The van der Waals surface area contributed by atoms with Gasteiger partial charge in [-0.3, -0.25) is 9.59 Å². The summed E-state index contributed by atoms with van der Waals surface area (Å²) < 4.78 is 0. The molecule has 0 aromatic rings. The van der Waals surface area contributed by atoms with E-state index in [-0.39, 0.29) is 64.1 Å². The van der Waals surface area contributed by atoms with Gasteiger partial charge >= 0.3 is 49.7 Å². The first-order chi connectivity index (χ1) is 3.63. The molecule has 0 aliphatic carbocycles. The zero-order valence-corrected chi connectivity index (χ0v) is 5.63. The second-order valence-corrected chi connectivity index (χ2v) is 1.29. The summed E-state index contributed by atoms with van der Waals surface area (Å²) in [6.07, 6.45) is -0.593. The van der Waals surface area contributed by atoms with Crippen LogP contribution in [0, 0.1) is 0 Å². The van der Waals surface area contributed by atoms with E-state index in [0.717, 1.165) is 0 Å². The molecule has 0 saturated heterocycles. The number of rotatable bonds is 3. The third kappa shape index (κ3) is 15.8. The van der Waals surface area contributed by atoms with Crippen LogP contribution in [0.3, 0.4) is 0 Å². The summed E-state index contributed by atoms with van der Waals surface area (Å²) in [5.41, 5.74) is 0. The summed E-state index contributed by atoms with van der Waals surface area (Å²) in [6.45, 7) is 0. The maximum atomic E-state index is 9.64. The van der Waals surface area contributed by atoms with Crippen molar-refractivity contribution in [3.8, 4) is 0 Å². The molecule has 0 atom stereocenters. The van der Waals surface area contributed by atoms with Crippen LogP contribution in [0.5, 0.6) is 0 Å². The van der Waals surface area contributed by atoms with E-state index in [1.807, 2.05) is 0 Å². The summed E-state index contributed by atoms with van der Waals surface area (Å²) in [6, 6.07) is 0. The predicted octanol–water partition coefficient (Wildman–Crippen LogP) is -0.868. The van der Waals surface area contributed by atoms with Gasteiger partial charge in [0.1, 0.15) is 0 Å². The van der Waals surface area contributed by atoms with Crippen LogP contribution < -0.4 is 0 Å². The van der Waals surface area contributed by atoms with Gasteiger partial charge in [-0.2, -0.15) is 13.5 Å². The molecule has 0 bridgehead atoms. The zero-order valence-electron chi connectivity index (χ0n) is 4.63. The molecule has 0 heterocycles. The zero-order chi connectivity index (χ0) is 6.57. The fourth-order valence-electron chi connectivity index (χ4n) is 0.214. The molecule has 4 nitrogen and oxygen atoms in total. The van der Waals surface area contributed by atoms with Crippen LogP contribution in [0.2, 0.25) is 0 Å². The van der Waals surface area contributed by atoms with E-state index in [1.54, 1.807) is 0 Å². The molecule has 0 saturated carbocycles. The van der Waals surface area contributed by atoms with Crippen LogP contribution in [0.1, 0.15) is 12.8 Å². The predicted molar refractivity (Wildman–Crippen MR) is 43.4 cm³/mol. The Bertz CT molecular complexity index is 102. The Hall–Kier alpha value is 0.550. The molecule has 0 unspecified atom stereocenters. The fourth-order valence-corrected chi connectivity index (χ4v) is 0.214. The van der Waals surface area contributed by atoms with Gasteiger partial charge in [0.05, 0.1) is 12.8 Å². The molecule has 58 valence electrons. The molecule has 0 aromatic carbocycles. The Morgan fingerprint density at radius 2 is 1.20 bits per heavy atom. The Balaban J connectivity index is -0.000000245. The summed E-state index contributed by atoms with van der Waals surface area (Å²) in [7, 11) is 0. The normalized spacial score (nSPS) is 6.80. The van der Waals surface area contributed by atoms with Crippen molar-refractivity contribution in [1.29, 1.82) is 0 Å². The third-order valence-electron chi connectivity index (χ3n) is 0.553. The summed E-state index contributed by atoms with van der Waals surface area (Å²) in [5, 5.41) is 15.8.